The molecule has 0 aliphatic carbocycles. The van der Waals surface area contributed by atoms with Crippen LogP contribution in [0.15, 0.2) is 27.7 Å². The number of nitrogens with zero attached hydrogens (tertiary/aromatic N) is 1. The van der Waals surface area contributed by atoms with Gasteiger partial charge in [0.05, 0.1) is 6.33 Å². The van der Waals surface area contributed by atoms with Gasteiger partial charge >= 0.3 is 0 Å². The minimum atomic E-state index is -0.294. The Morgan fingerprint density at radius 1 is 1.33 bits per heavy atom. The molecule has 2 rings (SSSR count). The van der Waals surface area contributed by atoms with Crippen LogP contribution in [-0.2, 0) is 0 Å². The first-order chi connectivity index (χ1) is 8.49. The smallest absolute Gasteiger partial charge is 0.268 e. The molecule has 1 aromatic heterocycles. The van der Waals surface area contributed by atoms with Gasteiger partial charge in [0.1, 0.15) is 10.2 Å². The monoisotopic (exact) mass is 309 g/mol. The highest BCUT2D eigenvalue weighted by Gasteiger charge is 2.10. The van der Waals surface area contributed by atoms with Crippen LogP contribution in [0.3, 0.4) is 0 Å². The summed E-state index contributed by atoms with van der Waals surface area (Å²) in [5.74, 6) is 0.794. The van der Waals surface area contributed by atoms with E-state index in [0.717, 1.165) is 11.1 Å². The molecule has 3 N–H and O–H groups in total. The summed E-state index contributed by atoms with van der Waals surface area (Å²) in [6.07, 6.45) is 1.29. The van der Waals surface area contributed by atoms with Crippen LogP contribution in [0.2, 0.25) is 0 Å². The van der Waals surface area contributed by atoms with E-state index in [-0.39, 0.29) is 15.9 Å². The van der Waals surface area contributed by atoms with Gasteiger partial charge in [-0.25, -0.2) is 4.98 Å². The number of nitrogens with two attached hydrogens (primary N) is 1. The van der Waals surface area contributed by atoms with E-state index < -0.39 is 0 Å². The van der Waals surface area contributed by atoms with Crippen molar-refractivity contribution in [1.82, 2.24) is 9.97 Å². The number of hydrogen-bond donors (Lipinski definition) is 2. The molecule has 0 spiro atoms. The average Bonchev–Trinajstić information content (AvgIpc) is 2.32. The molecule has 18 heavy (non-hydrogen) atoms. The first-order valence-corrected chi connectivity index (χ1v) is 6.06. The van der Waals surface area contributed by atoms with Crippen molar-refractivity contribution >= 4 is 21.6 Å². The quantitative estimate of drug-likeness (QED) is 0.835. The van der Waals surface area contributed by atoms with E-state index in [1.54, 1.807) is 6.07 Å². The molecule has 0 aliphatic heterocycles. The maximum atomic E-state index is 11.4. The van der Waals surface area contributed by atoms with Gasteiger partial charge in [-0.05, 0) is 40.9 Å². The zero-order chi connectivity index (χ0) is 13.3. The third kappa shape index (κ3) is 2.38. The van der Waals surface area contributed by atoms with E-state index in [2.05, 4.69) is 25.9 Å². The molecule has 0 saturated heterocycles. The van der Waals surface area contributed by atoms with Crippen LogP contribution in [0.5, 0.6) is 11.6 Å². The minimum absolute atomic E-state index is 0.213. The minimum Gasteiger partial charge on any atom is -0.437 e. The number of aryl methyl sites for hydroxylation is 2. The van der Waals surface area contributed by atoms with Gasteiger partial charge in [0.2, 0.25) is 5.88 Å². The van der Waals surface area contributed by atoms with Crippen molar-refractivity contribution in [3.8, 4) is 11.6 Å². The van der Waals surface area contributed by atoms with Gasteiger partial charge in [0.25, 0.3) is 5.56 Å². The molecule has 0 fully saturated rings. The molecule has 0 atom stereocenters. The molecule has 0 amide bonds. The first-order valence-electron chi connectivity index (χ1n) is 5.27. The molecule has 0 saturated carbocycles. The largest absolute Gasteiger partial charge is 0.437 e. The Hall–Kier alpha value is -1.82. The van der Waals surface area contributed by atoms with Gasteiger partial charge in [0.15, 0.2) is 0 Å². The highest BCUT2D eigenvalue weighted by Crippen LogP contribution is 2.30. The van der Waals surface area contributed by atoms with Gasteiger partial charge in [-0.1, -0.05) is 6.07 Å². The summed E-state index contributed by atoms with van der Waals surface area (Å²) in [6, 6.07) is 3.64. The number of hydrogen-bond acceptors (Lipinski definition) is 4. The molecule has 6 heteroatoms. The second-order valence-corrected chi connectivity index (χ2v) is 4.72. The number of halogens is 1. The van der Waals surface area contributed by atoms with Crippen molar-refractivity contribution < 1.29 is 4.74 Å². The predicted octanol–water partition coefficient (Wildman–Crippen LogP) is 2.52. The number of anilines is 1. The summed E-state index contributed by atoms with van der Waals surface area (Å²) < 4.78 is 5.85. The van der Waals surface area contributed by atoms with E-state index >= 15 is 0 Å². The summed E-state index contributed by atoms with van der Waals surface area (Å²) in [6.45, 7) is 3.83. The molecule has 0 radical (unpaired) electrons. The number of aromatic nitrogens is 2. The molecular formula is C12H12BrN3O2. The zero-order valence-electron chi connectivity index (χ0n) is 9.95. The van der Waals surface area contributed by atoms with Crippen LogP contribution < -0.4 is 16.0 Å². The Bertz CT molecular complexity index is 652. The SMILES string of the molecule is Cc1cc(C)c(Oc2nc[nH]c(=O)c2Br)cc1N. The summed E-state index contributed by atoms with van der Waals surface area (Å²) in [5.41, 5.74) is 8.08. The lowest BCUT2D eigenvalue weighted by molar-refractivity contribution is 0.453. The number of rotatable bonds is 2. The number of aromatic amines is 1. The second kappa shape index (κ2) is 4.81. The molecule has 5 nitrogen and oxygen atoms in total. The summed E-state index contributed by atoms with van der Waals surface area (Å²) in [4.78, 5) is 17.8. The average molecular weight is 310 g/mol. The van der Waals surface area contributed by atoms with Crippen LogP contribution in [-0.4, -0.2) is 9.97 Å². The van der Waals surface area contributed by atoms with E-state index in [4.69, 9.17) is 10.5 Å². The maximum absolute atomic E-state index is 11.4. The molecule has 1 heterocycles. The molecule has 0 unspecified atom stereocenters. The lowest BCUT2D eigenvalue weighted by atomic mass is 10.1. The van der Waals surface area contributed by atoms with Crippen molar-refractivity contribution in [2.75, 3.05) is 5.73 Å². The number of nitrogens with one attached hydrogen (secondary N) is 1. The summed E-state index contributed by atoms with van der Waals surface area (Å²) >= 11 is 3.13. The van der Waals surface area contributed by atoms with Crippen molar-refractivity contribution in [2.24, 2.45) is 0 Å². The molecular weight excluding hydrogens is 298 g/mol. The number of ether oxygens (including phenoxy) is 1. The van der Waals surface area contributed by atoms with Crippen LogP contribution >= 0.6 is 15.9 Å². The molecule has 94 valence electrons. The van der Waals surface area contributed by atoms with Gasteiger partial charge < -0.3 is 15.5 Å². The molecule has 0 bridgehead atoms. The third-order valence-corrected chi connectivity index (χ3v) is 3.23. The van der Waals surface area contributed by atoms with Gasteiger partial charge in [0, 0.05) is 11.8 Å². The topological polar surface area (TPSA) is 81.0 Å². The Labute approximate surface area is 112 Å². The fourth-order valence-corrected chi connectivity index (χ4v) is 1.80. The maximum Gasteiger partial charge on any atom is 0.268 e. The Kier molecular flexibility index (Phi) is 3.38. The lowest BCUT2D eigenvalue weighted by Gasteiger charge is -2.11. The van der Waals surface area contributed by atoms with E-state index in [0.29, 0.717) is 11.4 Å². The van der Waals surface area contributed by atoms with Crippen LogP contribution in [0.4, 0.5) is 5.69 Å². The predicted molar refractivity (Wildman–Crippen MR) is 73.0 cm³/mol. The van der Waals surface area contributed by atoms with Gasteiger partial charge in [-0.2, -0.15) is 0 Å². The Morgan fingerprint density at radius 3 is 2.78 bits per heavy atom. The van der Waals surface area contributed by atoms with Crippen molar-refractivity contribution in [3.05, 3.63) is 44.4 Å². The Morgan fingerprint density at radius 2 is 2.06 bits per heavy atom. The van der Waals surface area contributed by atoms with Gasteiger partial charge in [-0.15, -0.1) is 0 Å². The van der Waals surface area contributed by atoms with Gasteiger partial charge in [-0.3, -0.25) is 4.79 Å². The highest BCUT2D eigenvalue weighted by atomic mass is 79.9. The zero-order valence-corrected chi connectivity index (χ0v) is 11.5. The number of H-pyrrole nitrogens is 1. The Balaban J connectivity index is 2.43. The van der Waals surface area contributed by atoms with Crippen molar-refractivity contribution in [1.29, 1.82) is 0 Å². The van der Waals surface area contributed by atoms with Crippen molar-refractivity contribution in [2.45, 2.75) is 13.8 Å². The molecule has 2 aromatic rings. The fraction of sp³-hybridized carbons (Fsp3) is 0.167. The molecule has 0 aliphatic rings. The lowest BCUT2D eigenvalue weighted by Crippen LogP contribution is -2.08. The van der Waals surface area contributed by atoms with Crippen LogP contribution in [0.1, 0.15) is 11.1 Å². The number of nitrogen functional groups attached to an aromatic ring is 1. The van der Waals surface area contributed by atoms with E-state index in [1.807, 2.05) is 19.9 Å². The molecule has 1 aromatic carbocycles. The normalized spacial score (nSPS) is 10.4. The second-order valence-electron chi connectivity index (χ2n) is 3.93. The van der Waals surface area contributed by atoms with Crippen molar-refractivity contribution in [3.63, 3.8) is 0 Å². The van der Waals surface area contributed by atoms with Crippen LogP contribution in [0, 0.1) is 13.8 Å². The van der Waals surface area contributed by atoms with E-state index in [9.17, 15) is 4.79 Å². The van der Waals surface area contributed by atoms with Crippen LogP contribution in [0.25, 0.3) is 0 Å². The van der Waals surface area contributed by atoms with E-state index in [1.165, 1.54) is 6.33 Å². The first kappa shape index (κ1) is 12.6. The standard InChI is InChI=1S/C12H12BrN3O2/c1-6-3-7(2)9(4-8(6)14)18-12-10(13)11(17)15-5-16-12/h3-5H,14H2,1-2H3,(H,15,16,17). The summed E-state index contributed by atoms with van der Waals surface area (Å²) in [7, 11) is 0. The summed E-state index contributed by atoms with van der Waals surface area (Å²) in [5, 5.41) is 0. The highest BCUT2D eigenvalue weighted by molar-refractivity contribution is 9.10. The third-order valence-electron chi connectivity index (χ3n) is 2.53. The number of benzene rings is 1. The fourth-order valence-electron chi connectivity index (χ4n) is 1.50.